The van der Waals surface area contributed by atoms with Crippen molar-refractivity contribution < 1.29 is 4.52 Å². The van der Waals surface area contributed by atoms with E-state index in [1.165, 1.54) is 25.8 Å². The lowest BCUT2D eigenvalue weighted by atomic mass is 10.2. The molecule has 2 saturated heterocycles. The molecule has 2 heterocycles. The van der Waals surface area contributed by atoms with Crippen molar-refractivity contribution in [2.45, 2.75) is 25.3 Å². The van der Waals surface area contributed by atoms with E-state index in [-0.39, 0.29) is 8.30 Å². The van der Waals surface area contributed by atoms with Crippen molar-refractivity contribution in [1.82, 2.24) is 4.67 Å². The van der Waals surface area contributed by atoms with Crippen molar-refractivity contribution in [2.75, 3.05) is 19.8 Å². The summed E-state index contributed by atoms with van der Waals surface area (Å²) >= 11 is 0. The van der Waals surface area contributed by atoms with Crippen LogP contribution in [0.1, 0.15) is 19.3 Å². The molecule has 0 aromatic heterocycles. The van der Waals surface area contributed by atoms with Gasteiger partial charge in [0.2, 0.25) is 0 Å². The summed E-state index contributed by atoms with van der Waals surface area (Å²) in [5, 5.41) is 0. The van der Waals surface area contributed by atoms with Gasteiger partial charge in [-0.05, 0) is 25.9 Å². The highest BCUT2D eigenvalue weighted by molar-refractivity contribution is 7.49. The molecule has 2 fully saturated rings. The molecule has 0 aromatic carbocycles. The summed E-state index contributed by atoms with van der Waals surface area (Å²) in [6, 6.07) is 0.880. The van der Waals surface area contributed by atoms with Gasteiger partial charge in [0.25, 0.3) is 0 Å². The third-order valence-electron chi connectivity index (χ3n) is 2.44. The van der Waals surface area contributed by atoms with Gasteiger partial charge in [-0.15, -0.1) is 0 Å². The Bertz CT molecular complexity index is 131. The van der Waals surface area contributed by atoms with Crippen LogP contribution in [0.15, 0.2) is 0 Å². The molecular formula is C7H14NOP. The van der Waals surface area contributed by atoms with E-state index in [4.69, 9.17) is 4.52 Å². The van der Waals surface area contributed by atoms with Crippen LogP contribution in [-0.4, -0.2) is 30.5 Å². The van der Waals surface area contributed by atoms with Crippen molar-refractivity contribution >= 4 is 8.30 Å². The highest BCUT2D eigenvalue weighted by atomic mass is 31.2. The van der Waals surface area contributed by atoms with Crippen molar-refractivity contribution in [1.29, 1.82) is 0 Å². The van der Waals surface area contributed by atoms with Crippen LogP contribution in [-0.2, 0) is 4.52 Å². The van der Waals surface area contributed by atoms with Crippen LogP contribution in [0.25, 0.3) is 0 Å². The molecule has 0 aliphatic carbocycles. The summed E-state index contributed by atoms with van der Waals surface area (Å²) in [5.74, 6) is 0. The predicted molar refractivity (Wildman–Crippen MR) is 43.1 cm³/mol. The molecule has 2 nitrogen and oxygen atoms in total. The second kappa shape index (κ2) is 2.77. The number of fused-ring (bicyclic) bond motifs is 1. The van der Waals surface area contributed by atoms with E-state index in [1.54, 1.807) is 0 Å². The minimum absolute atomic E-state index is 0.199. The van der Waals surface area contributed by atoms with E-state index in [2.05, 4.69) is 11.3 Å². The molecule has 0 bridgehead atoms. The fourth-order valence-corrected chi connectivity index (χ4v) is 3.51. The minimum atomic E-state index is -0.199. The maximum absolute atomic E-state index is 5.58. The summed E-state index contributed by atoms with van der Waals surface area (Å²) in [6.07, 6.45) is 4.07. The fourth-order valence-electron chi connectivity index (χ4n) is 1.88. The van der Waals surface area contributed by atoms with Crippen molar-refractivity contribution in [3.8, 4) is 0 Å². The van der Waals surface area contributed by atoms with Gasteiger partial charge < -0.3 is 4.52 Å². The van der Waals surface area contributed by atoms with Gasteiger partial charge in [-0.25, -0.2) is 0 Å². The summed E-state index contributed by atoms with van der Waals surface area (Å²) in [6.45, 7) is 4.52. The number of hydrogen-bond donors (Lipinski definition) is 0. The Morgan fingerprint density at radius 2 is 2.40 bits per heavy atom. The molecular weight excluding hydrogens is 145 g/mol. The minimum Gasteiger partial charge on any atom is -0.344 e. The van der Waals surface area contributed by atoms with Crippen LogP contribution in [0, 0.1) is 0 Å². The third-order valence-corrected chi connectivity index (χ3v) is 4.24. The molecule has 2 atom stereocenters. The molecule has 2 aliphatic rings. The average Bonchev–Trinajstić information content (AvgIpc) is 2.36. The summed E-state index contributed by atoms with van der Waals surface area (Å²) in [4.78, 5) is 0. The molecule has 0 radical (unpaired) electrons. The topological polar surface area (TPSA) is 12.5 Å². The Morgan fingerprint density at radius 3 is 3.20 bits per heavy atom. The molecule has 58 valence electrons. The molecule has 2 aliphatic heterocycles. The van der Waals surface area contributed by atoms with E-state index in [0.717, 1.165) is 12.6 Å². The number of nitrogens with zero attached hydrogens (tertiary/aromatic N) is 1. The lowest BCUT2D eigenvalue weighted by Crippen LogP contribution is -2.30. The molecule has 0 aromatic rings. The normalized spacial score (nSPS) is 41.7. The second-order valence-corrected chi connectivity index (χ2v) is 4.75. The molecule has 0 saturated carbocycles. The largest absolute Gasteiger partial charge is 0.344 e. The van der Waals surface area contributed by atoms with Gasteiger partial charge in [-0.2, -0.15) is 0 Å². The summed E-state index contributed by atoms with van der Waals surface area (Å²) in [5.41, 5.74) is 0. The van der Waals surface area contributed by atoms with E-state index in [1.807, 2.05) is 0 Å². The van der Waals surface area contributed by atoms with E-state index in [9.17, 15) is 0 Å². The Morgan fingerprint density at radius 1 is 1.50 bits per heavy atom. The zero-order valence-corrected chi connectivity index (χ0v) is 7.31. The van der Waals surface area contributed by atoms with Crippen molar-refractivity contribution in [2.24, 2.45) is 0 Å². The van der Waals surface area contributed by atoms with Crippen molar-refractivity contribution in [3.63, 3.8) is 0 Å². The van der Waals surface area contributed by atoms with Gasteiger partial charge in [-0.1, -0.05) is 0 Å². The Kier molecular flexibility index (Phi) is 1.94. The number of rotatable bonds is 0. The van der Waals surface area contributed by atoms with Gasteiger partial charge >= 0.3 is 0 Å². The highest BCUT2D eigenvalue weighted by Gasteiger charge is 2.32. The smallest absolute Gasteiger partial charge is 0.101 e. The lowest BCUT2D eigenvalue weighted by Gasteiger charge is -2.34. The van der Waals surface area contributed by atoms with E-state index in [0.29, 0.717) is 0 Å². The zero-order chi connectivity index (χ0) is 6.97. The summed E-state index contributed by atoms with van der Waals surface area (Å²) in [7, 11) is -0.199. The maximum atomic E-state index is 5.58. The lowest BCUT2D eigenvalue weighted by molar-refractivity contribution is 0.219. The quantitative estimate of drug-likeness (QED) is 0.500. The summed E-state index contributed by atoms with van der Waals surface area (Å²) < 4.78 is 8.14. The molecule has 2 unspecified atom stereocenters. The van der Waals surface area contributed by atoms with Gasteiger partial charge in [0.05, 0.1) is 6.61 Å². The highest BCUT2D eigenvalue weighted by Crippen LogP contribution is 2.47. The van der Waals surface area contributed by atoms with Crippen LogP contribution in [0.4, 0.5) is 0 Å². The first-order valence-electron chi connectivity index (χ1n) is 4.01. The predicted octanol–water partition coefficient (Wildman–Crippen LogP) is 1.81. The molecule has 2 rings (SSSR count). The third kappa shape index (κ3) is 1.09. The van der Waals surface area contributed by atoms with Gasteiger partial charge in [0, 0.05) is 12.6 Å². The van der Waals surface area contributed by atoms with Crippen LogP contribution in [0.5, 0.6) is 0 Å². The van der Waals surface area contributed by atoms with Crippen LogP contribution >= 0.6 is 8.30 Å². The Labute approximate surface area is 63.4 Å². The Hall–Kier alpha value is 0.350. The maximum Gasteiger partial charge on any atom is 0.101 e. The van der Waals surface area contributed by atoms with Gasteiger partial charge in [0.15, 0.2) is 0 Å². The van der Waals surface area contributed by atoms with Gasteiger partial charge in [0.1, 0.15) is 8.30 Å². The fraction of sp³-hybridized carbons (Fsp3) is 1.00. The first kappa shape index (κ1) is 7.02. The Balaban J connectivity index is 2.03. The second-order valence-electron chi connectivity index (χ2n) is 3.05. The zero-order valence-electron chi connectivity index (χ0n) is 6.42. The van der Waals surface area contributed by atoms with E-state index >= 15 is 0 Å². The molecule has 10 heavy (non-hydrogen) atoms. The van der Waals surface area contributed by atoms with Crippen LogP contribution < -0.4 is 0 Å². The van der Waals surface area contributed by atoms with Crippen LogP contribution in [0.3, 0.4) is 0 Å². The average molecular weight is 159 g/mol. The van der Waals surface area contributed by atoms with Gasteiger partial charge in [-0.3, -0.25) is 4.67 Å². The van der Waals surface area contributed by atoms with E-state index < -0.39 is 0 Å². The molecule has 0 N–H and O–H groups in total. The monoisotopic (exact) mass is 159 g/mol. The SMILES string of the molecule is CP1OCCC2CCCN21. The molecule has 0 amide bonds. The first-order valence-corrected chi connectivity index (χ1v) is 5.67. The first-order chi connectivity index (χ1) is 4.88. The molecule has 0 spiro atoms. The van der Waals surface area contributed by atoms with Crippen molar-refractivity contribution in [3.05, 3.63) is 0 Å². The molecule has 3 heteroatoms. The van der Waals surface area contributed by atoms with Crippen LogP contribution in [0.2, 0.25) is 0 Å². The number of hydrogen-bond acceptors (Lipinski definition) is 2. The standard InChI is InChI=1S/C7H14NOP/c1-10-8-5-2-3-7(8)4-6-9-10/h7H,2-6H2,1H3.